The summed E-state index contributed by atoms with van der Waals surface area (Å²) in [6.07, 6.45) is 0. The summed E-state index contributed by atoms with van der Waals surface area (Å²) in [6.45, 7) is 0.578. The maximum Gasteiger partial charge on any atom is 0.342 e. The number of ketones is 1. The molecule has 25 heavy (non-hydrogen) atoms. The topological polar surface area (TPSA) is 92.7 Å². The number of esters is 1. The number of carbonyl (C=O) groups is 3. The van der Waals surface area contributed by atoms with E-state index >= 15 is 0 Å². The summed E-state index contributed by atoms with van der Waals surface area (Å²) in [5.74, 6) is -3.19. The van der Waals surface area contributed by atoms with Gasteiger partial charge in [-0.05, 0) is 36.4 Å². The lowest BCUT2D eigenvalue weighted by atomic mass is 10.1. The lowest BCUT2D eigenvalue weighted by Gasteiger charge is -2.08. The Balaban J connectivity index is 2.06. The minimum Gasteiger partial charge on any atom is -0.507 e. The lowest BCUT2D eigenvalue weighted by molar-refractivity contribution is -0.114. The molecule has 0 unspecified atom stereocenters. The molecular formula is C17H13BrFNO5. The van der Waals surface area contributed by atoms with Crippen molar-refractivity contribution in [2.24, 2.45) is 0 Å². The standard InChI is InChI=1S/C17H13BrFNO5/c1-9(21)20-11-3-4-12(14(19)7-11)16(23)8-25-17(24)13-6-10(18)2-5-15(13)22/h2-7,22H,8H2,1H3,(H,20,21). The molecular weight excluding hydrogens is 397 g/mol. The summed E-state index contributed by atoms with van der Waals surface area (Å²) in [7, 11) is 0. The highest BCUT2D eigenvalue weighted by Crippen LogP contribution is 2.23. The second kappa shape index (κ2) is 7.89. The molecule has 0 radical (unpaired) electrons. The van der Waals surface area contributed by atoms with Crippen LogP contribution in [-0.2, 0) is 9.53 Å². The highest BCUT2D eigenvalue weighted by molar-refractivity contribution is 9.10. The molecule has 6 nitrogen and oxygen atoms in total. The van der Waals surface area contributed by atoms with Crippen LogP contribution >= 0.6 is 15.9 Å². The van der Waals surface area contributed by atoms with E-state index in [9.17, 15) is 23.9 Å². The number of phenols is 1. The van der Waals surface area contributed by atoms with Crippen molar-refractivity contribution in [1.29, 1.82) is 0 Å². The minimum absolute atomic E-state index is 0.122. The Kier molecular flexibility index (Phi) is 5.87. The molecule has 0 atom stereocenters. The van der Waals surface area contributed by atoms with Crippen LogP contribution in [-0.4, -0.2) is 29.4 Å². The predicted molar refractivity (Wildman–Crippen MR) is 91.1 cm³/mol. The summed E-state index contributed by atoms with van der Waals surface area (Å²) in [4.78, 5) is 34.9. The first-order valence-electron chi connectivity index (χ1n) is 7.04. The van der Waals surface area contributed by atoms with Gasteiger partial charge in [0, 0.05) is 17.1 Å². The molecule has 2 rings (SSSR count). The van der Waals surface area contributed by atoms with E-state index in [1.165, 1.54) is 37.3 Å². The van der Waals surface area contributed by atoms with Crippen LogP contribution in [0.1, 0.15) is 27.6 Å². The van der Waals surface area contributed by atoms with Gasteiger partial charge in [-0.3, -0.25) is 9.59 Å². The third kappa shape index (κ3) is 4.87. The van der Waals surface area contributed by atoms with Crippen LogP contribution in [0.2, 0.25) is 0 Å². The van der Waals surface area contributed by atoms with E-state index in [0.717, 1.165) is 6.07 Å². The van der Waals surface area contributed by atoms with Crippen molar-refractivity contribution in [1.82, 2.24) is 0 Å². The maximum atomic E-state index is 14.0. The van der Waals surface area contributed by atoms with Crippen LogP contribution in [0.15, 0.2) is 40.9 Å². The van der Waals surface area contributed by atoms with Crippen LogP contribution in [0.4, 0.5) is 10.1 Å². The third-order valence-corrected chi connectivity index (χ3v) is 3.60. The van der Waals surface area contributed by atoms with Gasteiger partial charge in [0.2, 0.25) is 11.7 Å². The van der Waals surface area contributed by atoms with E-state index in [1.54, 1.807) is 0 Å². The first-order valence-corrected chi connectivity index (χ1v) is 7.83. The first kappa shape index (κ1) is 18.6. The molecule has 2 N–H and O–H groups in total. The molecule has 0 saturated heterocycles. The lowest BCUT2D eigenvalue weighted by Crippen LogP contribution is -2.16. The van der Waals surface area contributed by atoms with Crippen molar-refractivity contribution in [2.75, 3.05) is 11.9 Å². The van der Waals surface area contributed by atoms with E-state index in [4.69, 9.17) is 4.74 Å². The van der Waals surface area contributed by atoms with Gasteiger partial charge in [0.15, 0.2) is 6.61 Å². The largest absolute Gasteiger partial charge is 0.507 e. The fraction of sp³-hybridized carbons (Fsp3) is 0.118. The highest BCUT2D eigenvalue weighted by atomic mass is 79.9. The van der Waals surface area contributed by atoms with Crippen molar-refractivity contribution >= 4 is 39.3 Å². The zero-order valence-corrected chi connectivity index (χ0v) is 14.6. The molecule has 0 aliphatic rings. The molecule has 0 aliphatic heterocycles. The summed E-state index contributed by atoms with van der Waals surface area (Å²) in [6, 6.07) is 7.71. The van der Waals surface area contributed by atoms with Gasteiger partial charge in [0.1, 0.15) is 17.1 Å². The molecule has 2 aromatic carbocycles. The Morgan fingerprint density at radius 3 is 2.52 bits per heavy atom. The average molecular weight is 410 g/mol. The molecule has 0 aromatic heterocycles. The fourth-order valence-corrected chi connectivity index (χ4v) is 2.34. The third-order valence-electron chi connectivity index (χ3n) is 3.10. The van der Waals surface area contributed by atoms with Crippen molar-refractivity contribution < 1.29 is 28.6 Å². The number of amides is 1. The zero-order valence-electron chi connectivity index (χ0n) is 13.0. The Bertz CT molecular complexity index is 853. The molecule has 0 saturated carbocycles. The zero-order chi connectivity index (χ0) is 18.6. The van der Waals surface area contributed by atoms with Crippen molar-refractivity contribution in [3.8, 4) is 5.75 Å². The number of phenolic OH excluding ortho intramolecular Hbond substituents is 1. The van der Waals surface area contributed by atoms with Crippen LogP contribution in [0.5, 0.6) is 5.75 Å². The number of Topliss-reactive ketones (excluding diaryl/α,β-unsaturated/α-hetero) is 1. The van der Waals surface area contributed by atoms with E-state index < -0.39 is 24.2 Å². The van der Waals surface area contributed by atoms with Gasteiger partial charge < -0.3 is 15.2 Å². The number of nitrogens with one attached hydrogen (secondary N) is 1. The van der Waals surface area contributed by atoms with Crippen molar-refractivity contribution in [2.45, 2.75) is 6.92 Å². The normalized spacial score (nSPS) is 10.2. The van der Waals surface area contributed by atoms with E-state index in [1.807, 2.05) is 0 Å². The average Bonchev–Trinajstić information content (AvgIpc) is 2.54. The summed E-state index contributed by atoms with van der Waals surface area (Å²) in [5.41, 5.74) is -0.193. The van der Waals surface area contributed by atoms with Gasteiger partial charge in [0.05, 0.1) is 5.56 Å². The summed E-state index contributed by atoms with van der Waals surface area (Å²) < 4.78 is 19.3. The van der Waals surface area contributed by atoms with Gasteiger partial charge in [-0.25, -0.2) is 9.18 Å². The molecule has 0 aliphatic carbocycles. The second-order valence-electron chi connectivity index (χ2n) is 5.04. The first-order chi connectivity index (χ1) is 11.8. The number of carbonyl (C=O) groups excluding carboxylic acids is 3. The van der Waals surface area contributed by atoms with Gasteiger partial charge in [-0.2, -0.15) is 0 Å². The Labute approximate surface area is 150 Å². The molecule has 0 spiro atoms. The fourth-order valence-electron chi connectivity index (χ4n) is 1.98. The number of rotatable bonds is 5. The quantitative estimate of drug-likeness (QED) is 0.583. The number of hydrogen-bond donors (Lipinski definition) is 2. The second-order valence-corrected chi connectivity index (χ2v) is 5.95. The van der Waals surface area contributed by atoms with Crippen LogP contribution < -0.4 is 5.32 Å². The Morgan fingerprint density at radius 2 is 1.88 bits per heavy atom. The van der Waals surface area contributed by atoms with Gasteiger partial charge in [-0.15, -0.1) is 0 Å². The number of hydrogen-bond acceptors (Lipinski definition) is 5. The molecule has 1 amide bonds. The van der Waals surface area contributed by atoms with Crippen LogP contribution in [0.3, 0.4) is 0 Å². The van der Waals surface area contributed by atoms with Crippen molar-refractivity contribution in [3.63, 3.8) is 0 Å². The van der Waals surface area contributed by atoms with Gasteiger partial charge >= 0.3 is 5.97 Å². The van der Waals surface area contributed by atoms with E-state index in [0.29, 0.717) is 4.47 Å². The smallest absolute Gasteiger partial charge is 0.342 e. The molecule has 130 valence electrons. The SMILES string of the molecule is CC(=O)Nc1ccc(C(=O)COC(=O)c2cc(Br)ccc2O)c(F)c1. The van der Waals surface area contributed by atoms with E-state index in [-0.39, 0.29) is 28.5 Å². The van der Waals surface area contributed by atoms with Crippen LogP contribution in [0.25, 0.3) is 0 Å². The van der Waals surface area contributed by atoms with Gasteiger partial charge in [-0.1, -0.05) is 15.9 Å². The van der Waals surface area contributed by atoms with Crippen LogP contribution in [0, 0.1) is 5.82 Å². The number of benzene rings is 2. The number of anilines is 1. The maximum absolute atomic E-state index is 14.0. The Morgan fingerprint density at radius 1 is 1.16 bits per heavy atom. The molecule has 0 bridgehead atoms. The highest BCUT2D eigenvalue weighted by Gasteiger charge is 2.18. The summed E-state index contributed by atoms with van der Waals surface area (Å²) >= 11 is 3.15. The predicted octanol–water partition coefficient (Wildman–Crippen LogP) is 3.29. The molecule has 0 heterocycles. The van der Waals surface area contributed by atoms with E-state index in [2.05, 4.69) is 21.2 Å². The van der Waals surface area contributed by atoms with Gasteiger partial charge in [0.25, 0.3) is 0 Å². The summed E-state index contributed by atoms with van der Waals surface area (Å²) in [5, 5.41) is 12.0. The molecule has 8 heteroatoms. The molecule has 0 fully saturated rings. The monoisotopic (exact) mass is 409 g/mol. The number of aromatic hydroxyl groups is 1. The molecule has 2 aromatic rings. The van der Waals surface area contributed by atoms with Crippen molar-refractivity contribution in [3.05, 3.63) is 57.8 Å². The Hall–Kier alpha value is -2.74. The number of halogens is 2. The minimum atomic E-state index is -0.914. The number of ether oxygens (including phenoxy) is 1.